The highest BCUT2D eigenvalue weighted by Crippen LogP contribution is 2.43. The van der Waals surface area contributed by atoms with E-state index < -0.39 is 28.0 Å². The van der Waals surface area contributed by atoms with Crippen LogP contribution in [0.3, 0.4) is 0 Å². The lowest BCUT2D eigenvalue weighted by molar-refractivity contribution is -0.143. The van der Waals surface area contributed by atoms with Crippen molar-refractivity contribution in [2.45, 2.75) is 17.1 Å². The number of cyclic esters (lactones) is 1. The van der Waals surface area contributed by atoms with Crippen LogP contribution in [0.15, 0.2) is 137 Å². The summed E-state index contributed by atoms with van der Waals surface area (Å²) < 4.78 is 39.6. The first kappa shape index (κ1) is 22.6. The van der Waals surface area contributed by atoms with Crippen molar-refractivity contribution in [3.63, 3.8) is 0 Å². The number of ether oxygens (including phenoxy) is 2. The van der Waals surface area contributed by atoms with Gasteiger partial charge in [0, 0.05) is 0 Å². The maximum absolute atomic E-state index is 13.9. The summed E-state index contributed by atoms with van der Waals surface area (Å²) in [5.41, 5.74) is 2.10. The molecule has 6 heteroatoms. The SMILES string of the molecule is O=C1O[C@H](c2ccccc2)C(S(=O)(=O)c2ccccc2)=C1OC(c1ccccc1)c1ccccc1. The summed E-state index contributed by atoms with van der Waals surface area (Å²) in [4.78, 5) is 13.0. The molecular weight excluding hydrogens is 460 g/mol. The summed E-state index contributed by atoms with van der Waals surface area (Å²) in [6.45, 7) is 0. The van der Waals surface area contributed by atoms with Crippen LogP contribution in [0.1, 0.15) is 28.9 Å². The van der Waals surface area contributed by atoms with E-state index in [4.69, 9.17) is 9.47 Å². The molecule has 1 heterocycles. The average Bonchev–Trinajstić information content (AvgIpc) is 3.26. The Morgan fingerprint density at radius 3 is 1.63 bits per heavy atom. The first-order valence-corrected chi connectivity index (χ1v) is 12.6. The van der Waals surface area contributed by atoms with Gasteiger partial charge in [-0.25, -0.2) is 13.2 Å². The molecule has 0 N–H and O–H groups in total. The van der Waals surface area contributed by atoms with E-state index >= 15 is 0 Å². The lowest BCUT2D eigenvalue weighted by atomic mass is 10.0. The highest BCUT2D eigenvalue weighted by atomic mass is 32.2. The van der Waals surface area contributed by atoms with Crippen LogP contribution in [0.2, 0.25) is 0 Å². The van der Waals surface area contributed by atoms with E-state index in [1.54, 1.807) is 42.5 Å². The predicted molar refractivity (Wildman–Crippen MR) is 132 cm³/mol. The van der Waals surface area contributed by atoms with Crippen molar-refractivity contribution in [3.8, 4) is 0 Å². The molecule has 0 unspecified atom stereocenters. The Bertz CT molecular complexity index is 1410. The Balaban J connectivity index is 1.69. The number of rotatable bonds is 7. The molecular formula is C29H22O5S. The van der Waals surface area contributed by atoms with E-state index in [2.05, 4.69) is 0 Å². The maximum atomic E-state index is 13.9. The molecule has 0 saturated carbocycles. The van der Waals surface area contributed by atoms with Gasteiger partial charge in [-0.3, -0.25) is 0 Å². The first-order valence-electron chi connectivity index (χ1n) is 11.1. The van der Waals surface area contributed by atoms with Gasteiger partial charge in [0.25, 0.3) is 0 Å². The summed E-state index contributed by atoms with van der Waals surface area (Å²) in [6.07, 6.45) is -1.83. The van der Waals surface area contributed by atoms with Crippen LogP contribution in [0.5, 0.6) is 0 Å². The van der Waals surface area contributed by atoms with Gasteiger partial charge in [0.1, 0.15) is 11.0 Å². The van der Waals surface area contributed by atoms with E-state index in [-0.39, 0.29) is 15.6 Å². The number of esters is 1. The molecule has 5 nitrogen and oxygen atoms in total. The van der Waals surface area contributed by atoms with Gasteiger partial charge in [-0.1, -0.05) is 109 Å². The van der Waals surface area contributed by atoms with Crippen molar-refractivity contribution in [1.29, 1.82) is 0 Å². The molecule has 4 aromatic carbocycles. The van der Waals surface area contributed by atoms with Crippen LogP contribution in [0, 0.1) is 0 Å². The molecule has 1 aliphatic rings. The second kappa shape index (κ2) is 9.60. The highest BCUT2D eigenvalue weighted by molar-refractivity contribution is 7.95. The van der Waals surface area contributed by atoms with Gasteiger partial charge in [-0.15, -0.1) is 0 Å². The van der Waals surface area contributed by atoms with Crippen LogP contribution < -0.4 is 0 Å². The van der Waals surface area contributed by atoms with Crippen molar-refractivity contribution >= 4 is 15.8 Å². The normalized spacial score (nSPS) is 15.8. The lowest BCUT2D eigenvalue weighted by Gasteiger charge is -2.20. The Kier molecular flexibility index (Phi) is 6.21. The number of sulfone groups is 1. The van der Waals surface area contributed by atoms with E-state index in [0.717, 1.165) is 11.1 Å². The zero-order valence-electron chi connectivity index (χ0n) is 18.7. The van der Waals surface area contributed by atoms with Crippen molar-refractivity contribution in [2.24, 2.45) is 0 Å². The van der Waals surface area contributed by atoms with Gasteiger partial charge < -0.3 is 9.47 Å². The van der Waals surface area contributed by atoms with Gasteiger partial charge in [-0.2, -0.15) is 0 Å². The average molecular weight is 483 g/mol. The van der Waals surface area contributed by atoms with Gasteiger partial charge in [0.2, 0.25) is 15.6 Å². The Labute approximate surface area is 204 Å². The van der Waals surface area contributed by atoms with Crippen LogP contribution in [-0.2, 0) is 24.1 Å². The fourth-order valence-electron chi connectivity index (χ4n) is 4.08. The summed E-state index contributed by atoms with van der Waals surface area (Å²) in [5, 5.41) is 0. The molecule has 0 aliphatic carbocycles. The van der Waals surface area contributed by atoms with Crippen molar-refractivity contribution in [3.05, 3.63) is 149 Å². The molecule has 174 valence electrons. The minimum atomic E-state index is -4.12. The fourth-order valence-corrected chi connectivity index (χ4v) is 5.69. The Morgan fingerprint density at radius 1 is 0.657 bits per heavy atom. The van der Waals surface area contributed by atoms with Crippen molar-refractivity contribution < 1.29 is 22.7 Å². The minimum absolute atomic E-state index is 0.0614. The van der Waals surface area contributed by atoms with Gasteiger partial charge in [0.05, 0.1) is 4.90 Å². The van der Waals surface area contributed by atoms with Gasteiger partial charge in [-0.05, 0) is 28.8 Å². The molecule has 0 bridgehead atoms. The van der Waals surface area contributed by atoms with E-state index in [9.17, 15) is 13.2 Å². The first-order chi connectivity index (χ1) is 17.1. The number of carbonyl (C=O) groups excluding carboxylic acids is 1. The van der Waals surface area contributed by atoms with E-state index in [0.29, 0.717) is 5.56 Å². The van der Waals surface area contributed by atoms with Gasteiger partial charge in [0.15, 0.2) is 6.10 Å². The third kappa shape index (κ3) is 4.48. The Hall–Kier alpha value is -4.16. The standard InChI is InChI=1S/C29H22O5S/c30-29-27(33-25(21-13-5-1-6-14-21)22-15-7-2-8-16-22)28(26(34-29)23-17-9-3-10-18-23)35(31,32)24-19-11-4-12-20-24/h1-20,25-26H/t26-/m1/s1. The summed E-state index contributed by atoms with van der Waals surface area (Å²) in [6, 6.07) is 35.5. The smallest absolute Gasteiger partial charge is 0.375 e. The van der Waals surface area contributed by atoms with E-state index in [1.807, 2.05) is 66.7 Å². The predicted octanol–water partition coefficient (Wildman–Crippen LogP) is 5.78. The zero-order chi connectivity index (χ0) is 24.3. The zero-order valence-corrected chi connectivity index (χ0v) is 19.5. The number of carbonyl (C=O) groups is 1. The van der Waals surface area contributed by atoms with Crippen molar-refractivity contribution in [1.82, 2.24) is 0 Å². The molecule has 0 amide bonds. The van der Waals surface area contributed by atoms with Crippen LogP contribution in [0.4, 0.5) is 0 Å². The van der Waals surface area contributed by atoms with Crippen LogP contribution in [-0.4, -0.2) is 14.4 Å². The highest BCUT2D eigenvalue weighted by Gasteiger charge is 2.45. The second-order valence-corrected chi connectivity index (χ2v) is 9.94. The number of hydrogen-bond donors (Lipinski definition) is 0. The minimum Gasteiger partial charge on any atom is -0.473 e. The summed E-state index contributed by atoms with van der Waals surface area (Å²) >= 11 is 0. The molecule has 1 atom stereocenters. The molecule has 0 saturated heterocycles. The van der Waals surface area contributed by atoms with E-state index in [1.165, 1.54) is 12.1 Å². The molecule has 1 aliphatic heterocycles. The van der Waals surface area contributed by atoms with Crippen LogP contribution in [0.25, 0.3) is 0 Å². The molecule has 0 spiro atoms. The maximum Gasteiger partial charge on any atom is 0.375 e. The third-order valence-corrected chi connectivity index (χ3v) is 7.63. The molecule has 0 aromatic heterocycles. The number of hydrogen-bond acceptors (Lipinski definition) is 5. The third-order valence-electron chi connectivity index (χ3n) is 5.76. The quantitative estimate of drug-likeness (QED) is 0.313. The topological polar surface area (TPSA) is 69.7 Å². The lowest BCUT2D eigenvalue weighted by Crippen LogP contribution is -2.14. The van der Waals surface area contributed by atoms with Gasteiger partial charge >= 0.3 is 5.97 Å². The fraction of sp³-hybridized carbons (Fsp3) is 0.0690. The summed E-state index contributed by atoms with van der Waals surface area (Å²) in [7, 11) is -4.12. The monoisotopic (exact) mass is 482 g/mol. The molecule has 5 rings (SSSR count). The largest absolute Gasteiger partial charge is 0.473 e. The molecule has 0 radical (unpaired) electrons. The number of benzene rings is 4. The second-order valence-electron chi connectivity index (χ2n) is 8.03. The Morgan fingerprint density at radius 2 is 1.11 bits per heavy atom. The summed E-state index contributed by atoms with van der Waals surface area (Å²) in [5.74, 6) is -1.12. The molecule has 0 fully saturated rings. The van der Waals surface area contributed by atoms with Crippen LogP contribution >= 0.6 is 0 Å². The molecule has 35 heavy (non-hydrogen) atoms. The van der Waals surface area contributed by atoms with Crippen molar-refractivity contribution in [2.75, 3.05) is 0 Å². The molecule has 4 aromatic rings.